The number of fused-ring (bicyclic) bond motifs is 2. The summed E-state index contributed by atoms with van der Waals surface area (Å²) in [4.78, 5) is 49.0. The van der Waals surface area contributed by atoms with Crippen molar-refractivity contribution in [2.24, 2.45) is 0 Å². The summed E-state index contributed by atoms with van der Waals surface area (Å²) < 4.78 is 12.6. The topological polar surface area (TPSA) is 106 Å². The second kappa shape index (κ2) is 14.2. The predicted octanol–water partition coefficient (Wildman–Crippen LogP) is 4.59. The maximum Gasteiger partial charge on any atom is 0.262 e. The fraction of sp³-hybridized carbons (Fsp3) is 0.243. The van der Waals surface area contributed by atoms with Gasteiger partial charge in [-0.1, -0.05) is 72.4 Å². The third-order valence-electron chi connectivity index (χ3n) is 8.55. The number of para-hydroxylation sites is 1. The molecule has 1 fully saturated rings. The lowest BCUT2D eigenvalue weighted by atomic mass is 10.1. The van der Waals surface area contributed by atoms with Crippen LogP contribution in [0.3, 0.4) is 0 Å². The molecule has 7 rings (SSSR count). The number of anilines is 1. The Balaban J connectivity index is 1.05. The third kappa shape index (κ3) is 7.01. The number of carbonyl (C=O) groups excluding carboxylic acids is 2. The van der Waals surface area contributed by atoms with E-state index in [0.717, 1.165) is 30.6 Å². The molecule has 1 N–H and O–H groups in total. The van der Waals surface area contributed by atoms with Gasteiger partial charge in [0.05, 0.1) is 23.2 Å². The molecule has 1 aromatic heterocycles. The number of ether oxygens (including phenoxy) is 2. The average Bonchev–Trinajstić information content (AvgIpc) is 3.60. The van der Waals surface area contributed by atoms with E-state index < -0.39 is 0 Å². The second-order valence-corrected chi connectivity index (χ2v) is 12.6. The van der Waals surface area contributed by atoms with Crippen LogP contribution in [0.4, 0.5) is 5.69 Å². The van der Waals surface area contributed by atoms with Crippen molar-refractivity contribution in [3.63, 3.8) is 0 Å². The number of hydrogen-bond acceptors (Lipinski definition) is 8. The van der Waals surface area contributed by atoms with Crippen LogP contribution < -0.4 is 25.2 Å². The van der Waals surface area contributed by atoms with Gasteiger partial charge in [0.2, 0.25) is 12.7 Å². The molecule has 0 atom stereocenters. The van der Waals surface area contributed by atoms with E-state index in [-0.39, 0.29) is 36.5 Å². The minimum absolute atomic E-state index is 0.00982. The summed E-state index contributed by atoms with van der Waals surface area (Å²) in [6, 6.07) is 30.9. The normalized spacial score (nSPS) is 13.9. The highest BCUT2D eigenvalue weighted by Crippen LogP contribution is 2.35. The molecule has 2 aliphatic heterocycles. The van der Waals surface area contributed by atoms with Crippen molar-refractivity contribution in [2.45, 2.75) is 18.1 Å². The van der Waals surface area contributed by atoms with Gasteiger partial charge < -0.3 is 24.6 Å². The van der Waals surface area contributed by atoms with Gasteiger partial charge >= 0.3 is 0 Å². The first-order valence-electron chi connectivity index (χ1n) is 16.0. The number of hydrogen-bond donors (Lipinski definition) is 1. The van der Waals surface area contributed by atoms with E-state index in [0.29, 0.717) is 52.8 Å². The number of nitrogens with zero attached hydrogens (tertiary/aromatic N) is 4. The predicted molar refractivity (Wildman–Crippen MR) is 186 cm³/mol. The monoisotopic (exact) mass is 661 g/mol. The van der Waals surface area contributed by atoms with E-state index in [2.05, 4.69) is 22.3 Å². The lowest BCUT2D eigenvalue weighted by molar-refractivity contribution is -0.118. The zero-order chi connectivity index (χ0) is 32.9. The molecular weight excluding hydrogens is 627 g/mol. The van der Waals surface area contributed by atoms with Crippen molar-refractivity contribution >= 4 is 40.2 Å². The summed E-state index contributed by atoms with van der Waals surface area (Å²) >= 11 is 1.21. The highest BCUT2D eigenvalue weighted by molar-refractivity contribution is 7.99. The number of nitrogens with one attached hydrogen (secondary N) is 1. The van der Waals surface area contributed by atoms with Gasteiger partial charge in [-0.05, 0) is 47.9 Å². The van der Waals surface area contributed by atoms with Gasteiger partial charge in [0.25, 0.3) is 11.5 Å². The zero-order valence-corrected chi connectivity index (χ0v) is 27.2. The van der Waals surface area contributed by atoms with Gasteiger partial charge in [-0.3, -0.25) is 19.0 Å². The number of piperazine rings is 1. The summed E-state index contributed by atoms with van der Waals surface area (Å²) in [6.07, 6.45) is 0.728. The molecule has 3 heterocycles. The number of carbonyl (C=O) groups is 2. The second-order valence-electron chi connectivity index (χ2n) is 11.7. The van der Waals surface area contributed by atoms with Gasteiger partial charge in [-0.25, -0.2) is 4.98 Å². The quantitative estimate of drug-likeness (QED) is 0.171. The van der Waals surface area contributed by atoms with Crippen molar-refractivity contribution in [3.05, 3.63) is 124 Å². The highest BCUT2D eigenvalue weighted by Gasteiger charge is 2.23. The lowest BCUT2D eigenvalue weighted by Crippen LogP contribution is -2.48. The first-order valence-corrected chi connectivity index (χ1v) is 17.0. The summed E-state index contributed by atoms with van der Waals surface area (Å²) in [5.41, 5.74) is 3.97. The van der Waals surface area contributed by atoms with Crippen LogP contribution in [0.15, 0.2) is 107 Å². The Morgan fingerprint density at radius 3 is 2.23 bits per heavy atom. The summed E-state index contributed by atoms with van der Waals surface area (Å²) in [7, 11) is 0. The van der Waals surface area contributed by atoms with Crippen LogP contribution in [0.25, 0.3) is 10.9 Å². The van der Waals surface area contributed by atoms with Gasteiger partial charge in [0, 0.05) is 50.0 Å². The standard InChI is InChI=1S/C37H35N5O5S/c43-34(38-16-15-26-7-3-1-4-8-26)24-48-37-39-31-22-33-32(46-25-47-33)21-30(31)36(45)42(37)23-27-11-13-28(14-12-27)35(44)41-19-17-40(18-20-41)29-9-5-2-6-10-29/h1-14,21-22H,15-20,23-25H2,(H,38,43). The molecule has 0 aliphatic carbocycles. The molecule has 244 valence electrons. The molecule has 0 saturated carbocycles. The van der Waals surface area contributed by atoms with Crippen LogP contribution in [0.5, 0.6) is 11.5 Å². The van der Waals surface area contributed by atoms with Gasteiger partial charge in [-0.2, -0.15) is 0 Å². The summed E-state index contributed by atoms with van der Waals surface area (Å²) in [5, 5.41) is 3.78. The number of rotatable bonds is 10. The molecule has 10 nitrogen and oxygen atoms in total. The minimum atomic E-state index is -0.248. The Hall–Kier alpha value is -5.29. The number of benzene rings is 4. The molecule has 0 spiro atoms. The van der Waals surface area contributed by atoms with E-state index >= 15 is 0 Å². The van der Waals surface area contributed by atoms with Crippen molar-refractivity contribution in [1.29, 1.82) is 0 Å². The maximum absolute atomic E-state index is 13.9. The van der Waals surface area contributed by atoms with Crippen molar-refractivity contribution < 1.29 is 19.1 Å². The van der Waals surface area contributed by atoms with E-state index in [1.807, 2.05) is 77.7 Å². The molecule has 5 aromatic rings. The largest absolute Gasteiger partial charge is 0.454 e. The zero-order valence-electron chi connectivity index (χ0n) is 26.3. The highest BCUT2D eigenvalue weighted by atomic mass is 32.2. The Kier molecular flexibility index (Phi) is 9.28. The SMILES string of the molecule is O=C(CSc1nc2cc3c(cc2c(=O)n1Cc1ccc(C(=O)N2CCN(c4ccccc4)CC2)cc1)OCO3)NCCc1ccccc1. The van der Waals surface area contributed by atoms with Crippen molar-refractivity contribution in [1.82, 2.24) is 19.8 Å². The fourth-order valence-corrected chi connectivity index (χ4v) is 6.77. The van der Waals surface area contributed by atoms with Gasteiger partial charge in [0.1, 0.15) is 0 Å². The van der Waals surface area contributed by atoms with Crippen molar-refractivity contribution in [3.8, 4) is 11.5 Å². The molecule has 2 amide bonds. The number of aromatic nitrogens is 2. The number of thioether (sulfide) groups is 1. The maximum atomic E-state index is 13.9. The van der Waals surface area contributed by atoms with E-state index in [1.165, 1.54) is 17.4 Å². The molecular formula is C37H35N5O5S. The minimum Gasteiger partial charge on any atom is -0.454 e. The Labute approximate surface area is 282 Å². The Bertz CT molecular complexity index is 1980. The Morgan fingerprint density at radius 1 is 0.812 bits per heavy atom. The molecule has 0 unspecified atom stereocenters. The smallest absolute Gasteiger partial charge is 0.262 e. The van der Waals surface area contributed by atoms with Crippen molar-refractivity contribution in [2.75, 3.05) is 50.2 Å². The van der Waals surface area contributed by atoms with E-state index in [9.17, 15) is 14.4 Å². The third-order valence-corrected chi connectivity index (χ3v) is 9.53. The molecule has 1 saturated heterocycles. The fourth-order valence-electron chi connectivity index (χ4n) is 5.94. The van der Waals surface area contributed by atoms with Crippen LogP contribution in [-0.2, 0) is 17.8 Å². The molecule has 4 aromatic carbocycles. The lowest BCUT2D eigenvalue weighted by Gasteiger charge is -2.36. The molecule has 0 bridgehead atoms. The number of amides is 2. The van der Waals surface area contributed by atoms with Crippen LogP contribution in [-0.4, -0.2) is 71.5 Å². The Morgan fingerprint density at radius 2 is 1.50 bits per heavy atom. The van der Waals surface area contributed by atoms with Crippen LogP contribution in [0.2, 0.25) is 0 Å². The average molecular weight is 662 g/mol. The molecule has 2 aliphatic rings. The first-order chi connectivity index (χ1) is 23.5. The van der Waals surface area contributed by atoms with Crippen LogP contribution in [0, 0.1) is 0 Å². The van der Waals surface area contributed by atoms with Crippen LogP contribution >= 0.6 is 11.8 Å². The van der Waals surface area contributed by atoms with E-state index in [4.69, 9.17) is 14.5 Å². The first kappa shape index (κ1) is 31.3. The summed E-state index contributed by atoms with van der Waals surface area (Å²) in [6.45, 7) is 3.66. The van der Waals surface area contributed by atoms with E-state index in [1.54, 1.807) is 16.7 Å². The summed E-state index contributed by atoms with van der Waals surface area (Å²) in [5.74, 6) is 0.976. The molecule has 48 heavy (non-hydrogen) atoms. The van der Waals surface area contributed by atoms with Crippen LogP contribution in [0.1, 0.15) is 21.5 Å². The van der Waals surface area contributed by atoms with Gasteiger partial charge in [-0.15, -0.1) is 0 Å². The van der Waals surface area contributed by atoms with Gasteiger partial charge in [0.15, 0.2) is 16.7 Å². The molecule has 11 heteroatoms. The molecule has 0 radical (unpaired) electrons.